The van der Waals surface area contributed by atoms with E-state index in [-0.39, 0.29) is 5.97 Å². The molecule has 0 aromatic heterocycles. The van der Waals surface area contributed by atoms with Crippen molar-refractivity contribution in [2.75, 3.05) is 7.11 Å². The van der Waals surface area contributed by atoms with Gasteiger partial charge in [0.05, 0.1) is 11.8 Å². The molecule has 0 unspecified atom stereocenters. The lowest BCUT2D eigenvalue weighted by molar-refractivity contribution is 0.00696. The zero-order chi connectivity index (χ0) is 12.9. The Hall–Kier alpha value is -1.84. The SMILES string of the molecule is CO/N=C/c1ccc(C(=O)OC(C)(C)C)cc1. The van der Waals surface area contributed by atoms with Gasteiger partial charge in [-0.3, -0.25) is 0 Å². The monoisotopic (exact) mass is 235 g/mol. The molecule has 1 aromatic carbocycles. The van der Waals surface area contributed by atoms with Crippen LogP contribution >= 0.6 is 0 Å². The van der Waals surface area contributed by atoms with E-state index in [9.17, 15) is 4.79 Å². The first-order valence-corrected chi connectivity index (χ1v) is 5.32. The van der Waals surface area contributed by atoms with Gasteiger partial charge in [-0.15, -0.1) is 0 Å². The molecule has 0 bridgehead atoms. The van der Waals surface area contributed by atoms with Gasteiger partial charge >= 0.3 is 5.97 Å². The summed E-state index contributed by atoms with van der Waals surface area (Å²) in [4.78, 5) is 16.3. The number of esters is 1. The average molecular weight is 235 g/mol. The number of benzene rings is 1. The lowest BCUT2D eigenvalue weighted by Gasteiger charge is -2.19. The van der Waals surface area contributed by atoms with Crippen LogP contribution < -0.4 is 0 Å². The maximum absolute atomic E-state index is 11.7. The average Bonchev–Trinajstić information content (AvgIpc) is 2.24. The first-order chi connectivity index (χ1) is 7.92. The topological polar surface area (TPSA) is 47.9 Å². The lowest BCUT2D eigenvalue weighted by atomic mass is 10.1. The zero-order valence-corrected chi connectivity index (χ0v) is 10.6. The van der Waals surface area contributed by atoms with E-state index in [1.54, 1.807) is 30.5 Å². The Morgan fingerprint density at radius 2 is 1.82 bits per heavy atom. The van der Waals surface area contributed by atoms with Crippen molar-refractivity contribution in [3.63, 3.8) is 0 Å². The molecule has 0 amide bonds. The highest BCUT2D eigenvalue weighted by Gasteiger charge is 2.17. The minimum absolute atomic E-state index is 0.326. The van der Waals surface area contributed by atoms with Gasteiger partial charge in [0.25, 0.3) is 0 Å². The predicted molar refractivity (Wildman–Crippen MR) is 66.2 cm³/mol. The van der Waals surface area contributed by atoms with E-state index in [0.29, 0.717) is 5.56 Å². The van der Waals surface area contributed by atoms with Gasteiger partial charge in [-0.25, -0.2) is 4.79 Å². The Labute approximate surface area is 101 Å². The second-order valence-electron chi connectivity index (χ2n) is 4.54. The maximum Gasteiger partial charge on any atom is 0.338 e. The fourth-order valence-corrected chi connectivity index (χ4v) is 1.16. The van der Waals surface area contributed by atoms with E-state index in [2.05, 4.69) is 9.99 Å². The smallest absolute Gasteiger partial charge is 0.338 e. The third-order valence-electron chi connectivity index (χ3n) is 1.85. The Balaban J connectivity index is 2.74. The lowest BCUT2D eigenvalue weighted by Crippen LogP contribution is -2.23. The largest absolute Gasteiger partial charge is 0.456 e. The summed E-state index contributed by atoms with van der Waals surface area (Å²) in [5, 5.41) is 3.63. The van der Waals surface area contributed by atoms with Crippen LogP contribution in [0.1, 0.15) is 36.7 Å². The van der Waals surface area contributed by atoms with Crippen LogP contribution in [0.25, 0.3) is 0 Å². The molecule has 1 aromatic rings. The van der Waals surface area contributed by atoms with Gasteiger partial charge in [0, 0.05) is 0 Å². The number of carbonyl (C=O) groups is 1. The van der Waals surface area contributed by atoms with Crippen molar-refractivity contribution in [2.45, 2.75) is 26.4 Å². The van der Waals surface area contributed by atoms with Gasteiger partial charge in [0.15, 0.2) is 0 Å². The summed E-state index contributed by atoms with van der Waals surface area (Å²) in [6.45, 7) is 5.51. The quantitative estimate of drug-likeness (QED) is 0.459. The standard InChI is InChI=1S/C13H17NO3/c1-13(2,3)17-12(15)11-7-5-10(6-8-11)9-14-16-4/h5-9H,1-4H3/b14-9+. The fourth-order valence-electron chi connectivity index (χ4n) is 1.16. The van der Waals surface area contributed by atoms with E-state index >= 15 is 0 Å². The fraction of sp³-hybridized carbons (Fsp3) is 0.385. The van der Waals surface area contributed by atoms with Gasteiger partial charge in [-0.2, -0.15) is 0 Å². The molecule has 4 nitrogen and oxygen atoms in total. The van der Waals surface area contributed by atoms with E-state index < -0.39 is 5.60 Å². The molecule has 0 atom stereocenters. The number of hydrogen-bond acceptors (Lipinski definition) is 4. The summed E-state index contributed by atoms with van der Waals surface area (Å²) in [6.07, 6.45) is 1.57. The molecule has 4 heteroatoms. The third kappa shape index (κ3) is 4.68. The Morgan fingerprint density at radius 3 is 2.29 bits per heavy atom. The number of hydrogen-bond donors (Lipinski definition) is 0. The highest BCUT2D eigenvalue weighted by Crippen LogP contribution is 2.12. The van der Waals surface area contributed by atoms with E-state index in [1.807, 2.05) is 20.8 Å². The van der Waals surface area contributed by atoms with Gasteiger partial charge in [-0.1, -0.05) is 17.3 Å². The molecule has 92 valence electrons. The van der Waals surface area contributed by atoms with Crippen LogP contribution in [0.4, 0.5) is 0 Å². The molecule has 0 heterocycles. The van der Waals surface area contributed by atoms with Gasteiger partial charge in [-0.05, 0) is 38.5 Å². The summed E-state index contributed by atoms with van der Waals surface area (Å²) >= 11 is 0. The Bertz CT molecular complexity index is 402. The van der Waals surface area contributed by atoms with Crippen LogP contribution in [0.2, 0.25) is 0 Å². The number of oxime groups is 1. The summed E-state index contributed by atoms with van der Waals surface area (Å²) < 4.78 is 5.25. The van der Waals surface area contributed by atoms with Crippen LogP contribution in [0.5, 0.6) is 0 Å². The molecule has 1 rings (SSSR count). The Morgan fingerprint density at radius 1 is 1.24 bits per heavy atom. The normalized spacial score (nSPS) is 11.5. The molecule has 0 aliphatic heterocycles. The van der Waals surface area contributed by atoms with Crippen molar-refractivity contribution < 1.29 is 14.4 Å². The zero-order valence-electron chi connectivity index (χ0n) is 10.6. The van der Waals surface area contributed by atoms with Crippen molar-refractivity contribution in [1.29, 1.82) is 0 Å². The highest BCUT2D eigenvalue weighted by molar-refractivity contribution is 5.91. The molecule has 0 aliphatic rings. The molecule has 0 N–H and O–H groups in total. The van der Waals surface area contributed by atoms with Crippen molar-refractivity contribution in [2.24, 2.45) is 5.16 Å². The number of nitrogens with zero attached hydrogens (tertiary/aromatic N) is 1. The van der Waals surface area contributed by atoms with Gasteiger partial charge < -0.3 is 9.57 Å². The van der Waals surface area contributed by atoms with E-state index in [0.717, 1.165) is 5.56 Å². The molecule has 0 fully saturated rings. The summed E-state index contributed by atoms with van der Waals surface area (Å²) in [6, 6.07) is 6.96. The molecular weight excluding hydrogens is 218 g/mol. The first-order valence-electron chi connectivity index (χ1n) is 5.32. The molecular formula is C13H17NO3. The molecule has 0 aliphatic carbocycles. The van der Waals surface area contributed by atoms with Crippen LogP contribution in [-0.4, -0.2) is 24.9 Å². The van der Waals surface area contributed by atoms with Crippen molar-refractivity contribution in [1.82, 2.24) is 0 Å². The Kier molecular flexibility index (Phi) is 4.26. The highest BCUT2D eigenvalue weighted by atomic mass is 16.6. The van der Waals surface area contributed by atoms with Crippen LogP contribution in [0.3, 0.4) is 0 Å². The molecule has 17 heavy (non-hydrogen) atoms. The van der Waals surface area contributed by atoms with Gasteiger partial charge in [0.1, 0.15) is 12.7 Å². The third-order valence-corrected chi connectivity index (χ3v) is 1.85. The van der Waals surface area contributed by atoms with E-state index in [4.69, 9.17) is 4.74 Å². The van der Waals surface area contributed by atoms with Crippen molar-refractivity contribution in [3.05, 3.63) is 35.4 Å². The summed E-state index contributed by atoms with van der Waals surface area (Å²) in [5.41, 5.74) is 0.904. The van der Waals surface area contributed by atoms with Crippen molar-refractivity contribution >= 4 is 12.2 Å². The number of carbonyl (C=O) groups excluding carboxylic acids is 1. The summed E-state index contributed by atoms with van der Waals surface area (Å²) in [5.74, 6) is -0.326. The number of ether oxygens (including phenoxy) is 1. The molecule has 0 saturated heterocycles. The predicted octanol–water partition coefficient (Wildman–Crippen LogP) is 2.62. The van der Waals surface area contributed by atoms with Crippen molar-refractivity contribution in [3.8, 4) is 0 Å². The maximum atomic E-state index is 11.7. The van der Waals surface area contributed by atoms with Crippen LogP contribution in [-0.2, 0) is 9.57 Å². The molecule has 0 saturated carbocycles. The van der Waals surface area contributed by atoms with Crippen LogP contribution in [0, 0.1) is 0 Å². The van der Waals surface area contributed by atoms with Crippen LogP contribution in [0.15, 0.2) is 29.4 Å². The first kappa shape index (κ1) is 13.2. The van der Waals surface area contributed by atoms with Gasteiger partial charge in [0.2, 0.25) is 0 Å². The van der Waals surface area contributed by atoms with E-state index in [1.165, 1.54) is 7.11 Å². The second kappa shape index (κ2) is 5.48. The molecule has 0 spiro atoms. The number of rotatable bonds is 3. The minimum Gasteiger partial charge on any atom is -0.456 e. The minimum atomic E-state index is -0.479. The summed E-state index contributed by atoms with van der Waals surface area (Å²) in [7, 11) is 1.48. The molecule has 0 radical (unpaired) electrons. The second-order valence-corrected chi connectivity index (χ2v) is 4.54.